The molecule has 1 heterocycles. The molecule has 2 aromatic rings. The number of amides is 1. The Morgan fingerprint density at radius 3 is 2.43 bits per heavy atom. The molecule has 7 nitrogen and oxygen atoms in total. The number of benzene rings is 1. The molecule has 0 spiro atoms. The topological polar surface area (TPSA) is 94.8 Å². The van der Waals surface area contributed by atoms with Crippen molar-refractivity contribution < 1.29 is 23.5 Å². The summed E-state index contributed by atoms with van der Waals surface area (Å²) in [6, 6.07) is 1.89. The predicted octanol–water partition coefficient (Wildman–Crippen LogP) is 5.25. The first-order valence-corrected chi connectivity index (χ1v) is 10.2. The number of hydrogen-bond donors (Lipinski definition) is 1. The zero-order valence-corrected chi connectivity index (χ0v) is 19.2. The standard InChI is InChI=1S/C21H25Cl2NO6/c1-7-10(2)17(24-20(27)30-21(4,5)6)19(26)29-15-9-14-12(8-13(15)22)11(3)16(23)18(25)28-14/h8-10,17H,7H2,1-6H3,(H,24,27). The maximum Gasteiger partial charge on any atom is 0.408 e. The summed E-state index contributed by atoms with van der Waals surface area (Å²) in [6.07, 6.45) is -0.126. The second-order valence-electron chi connectivity index (χ2n) is 8.04. The van der Waals surface area contributed by atoms with Crippen molar-refractivity contribution in [3.05, 3.63) is 38.2 Å². The van der Waals surface area contributed by atoms with Crippen molar-refractivity contribution in [2.75, 3.05) is 0 Å². The molecule has 0 fully saturated rings. The molecule has 0 aliphatic heterocycles. The van der Waals surface area contributed by atoms with E-state index in [1.807, 2.05) is 6.92 Å². The molecule has 0 aliphatic rings. The molecule has 0 radical (unpaired) electrons. The van der Waals surface area contributed by atoms with Crippen LogP contribution in [0.15, 0.2) is 21.3 Å². The molecular weight excluding hydrogens is 433 g/mol. The minimum absolute atomic E-state index is 0.00155. The van der Waals surface area contributed by atoms with Crippen LogP contribution >= 0.6 is 23.2 Å². The van der Waals surface area contributed by atoms with Crippen LogP contribution in [0.3, 0.4) is 0 Å². The van der Waals surface area contributed by atoms with E-state index in [1.165, 1.54) is 12.1 Å². The van der Waals surface area contributed by atoms with Gasteiger partial charge in [-0.25, -0.2) is 14.4 Å². The molecule has 9 heteroatoms. The van der Waals surface area contributed by atoms with Gasteiger partial charge in [0.1, 0.15) is 22.2 Å². The molecule has 2 rings (SSSR count). The fourth-order valence-electron chi connectivity index (χ4n) is 2.68. The van der Waals surface area contributed by atoms with Crippen molar-refractivity contribution in [2.45, 2.75) is 59.6 Å². The SMILES string of the molecule is CCC(C)C(NC(=O)OC(C)(C)C)C(=O)Oc1cc2oc(=O)c(Cl)c(C)c2cc1Cl. The Balaban J connectivity index is 2.33. The minimum atomic E-state index is -0.962. The van der Waals surface area contributed by atoms with Gasteiger partial charge >= 0.3 is 17.7 Å². The summed E-state index contributed by atoms with van der Waals surface area (Å²) in [7, 11) is 0. The van der Waals surface area contributed by atoms with Crippen LogP contribution in [0, 0.1) is 12.8 Å². The summed E-state index contributed by atoms with van der Waals surface area (Å²) in [6.45, 7) is 10.5. The van der Waals surface area contributed by atoms with Crippen LogP contribution < -0.4 is 15.7 Å². The summed E-state index contributed by atoms with van der Waals surface area (Å²) < 4.78 is 15.9. The Kier molecular flexibility index (Phi) is 7.42. The summed E-state index contributed by atoms with van der Waals surface area (Å²) in [5.41, 5.74) is -0.738. The average molecular weight is 458 g/mol. The van der Waals surface area contributed by atoms with Gasteiger partial charge in [0.25, 0.3) is 0 Å². The van der Waals surface area contributed by atoms with Gasteiger partial charge in [-0.05, 0) is 45.2 Å². The first-order chi connectivity index (χ1) is 13.8. The van der Waals surface area contributed by atoms with Gasteiger partial charge < -0.3 is 19.2 Å². The Labute approximate surface area is 184 Å². The fraction of sp³-hybridized carbons (Fsp3) is 0.476. The van der Waals surface area contributed by atoms with Gasteiger partial charge in [0, 0.05) is 11.5 Å². The molecule has 1 N–H and O–H groups in total. The minimum Gasteiger partial charge on any atom is -0.444 e. The van der Waals surface area contributed by atoms with Crippen LogP contribution in [0.4, 0.5) is 4.79 Å². The largest absolute Gasteiger partial charge is 0.444 e. The van der Waals surface area contributed by atoms with E-state index < -0.39 is 29.3 Å². The Morgan fingerprint density at radius 2 is 1.87 bits per heavy atom. The number of fused-ring (bicyclic) bond motifs is 1. The molecule has 2 atom stereocenters. The van der Waals surface area contributed by atoms with E-state index in [0.717, 1.165) is 0 Å². The molecule has 0 saturated carbocycles. The van der Waals surface area contributed by atoms with Gasteiger partial charge in [0.15, 0.2) is 5.75 Å². The Morgan fingerprint density at radius 1 is 1.23 bits per heavy atom. The maximum atomic E-state index is 12.8. The van der Waals surface area contributed by atoms with Gasteiger partial charge in [-0.2, -0.15) is 0 Å². The number of carbonyl (C=O) groups is 2. The number of carbonyl (C=O) groups excluding carboxylic acids is 2. The lowest BCUT2D eigenvalue weighted by Gasteiger charge is -2.25. The normalized spacial score (nSPS) is 13.6. The smallest absolute Gasteiger partial charge is 0.408 e. The van der Waals surface area contributed by atoms with Gasteiger partial charge in [0.2, 0.25) is 0 Å². The van der Waals surface area contributed by atoms with Crippen LogP contribution in [0.1, 0.15) is 46.6 Å². The monoisotopic (exact) mass is 457 g/mol. The summed E-state index contributed by atoms with van der Waals surface area (Å²) >= 11 is 12.2. The maximum absolute atomic E-state index is 12.8. The first kappa shape index (κ1) is 24.0. The third-order valence-corrected chi connectivity index (χ3v) is 5.23. The Hall–Kier alpha value is -2.25. The quantitative estimate of drug-likeness (QED) is 0.374. The van der Waals surface area contributed by atoms with E-state index in [4.69, 9.17) is 37.1 Å². The fourth-order valence-corrected chi connectivity index (χ4v) is 3.02. The molecule has 1 aromatic carbocycles. The zero-order chi connectivity index (χ0) is 22.8. The lowest BCUT2D eigenvalue weighted by molar-refractivity contribution is -0.138. The average Bonchev–Trinajstić information content (AvgIpc) is 2.63. The van der Waals surface area contributed by atoms with Crippen molar-refractivity contribution in [1.29, 1.82) is 0 Å². The number of ether oxygens (including phenoxy) is 2. The van der Waals surface area contributed by atoms with E-state index in [1.54, 1.807) is 34.6 Å². The lowest BCUT2D eigenvalue weighted by atomic mass is 9.99. The van der Waals surface area contributed by atoms with Crippen molar-refractivity contribution >= 4 is 46.2 Å². The number of nitrogens with one attached hydrogen (secondary N) is 1. The highest BCUT2D eigenvalue weighted by molar-refractivity contribution is 6.34. The summed E-state index contributed by atoms with van der Waals surface area (Å²) in [4.78, 5) is 36.8. The second-order valence-corrected chi connectivity index (χ2v) is 8.82. The van der Waals surface area contributed by atoms with Gasteiger partial charge in [-0.3, -0.25) is 0 Å². The van der Waals surface area contributed by atoms with Crippen LogP contribution in [0.25, 0.3) is 11.0 Å². The zero-order valence-electron chi connectivity index (χ0n) is 17.7. The van der Waals surface area contributed by atoms with Crippen molar-refractivity contribution in [1.82, 2.24) is 5.32 Å². The number of hydrogen-bond acceptors (Lipinski definition) is 6. The third-order valence-electron chi connectivity index (χ3n) is 4.50. The van der Waals surface area contributed by atoms with Crippen LogP contribution in [-0.4, -0.2) is 23.7 Å². The van der Waals surface area contributed by atoms with Gasteiger partial charge in [-0.1, -0.05) is 43.5 Å². The number of rotatable bonds is 5. The van der Waals surface area contributed by atoms with Crippen LogP contribution in [-0.2, 0) is 9.53 Å². The second kappa shape index (κ2) is 9.27. The van der Waals surface area contributed by atoms with Crippen LogP contribution in [0.5, 0.6) is 5.75 Å². The van der Waals surface area contributed by atoms with E-state index in [9.17, 15) is 14.4 Å². The molecule has 0 saturated heterocycles. The number of esters is 1. The highest BCUT2D eigenvalue weighted by atomic mass is 35.5. The number of halogens is 2. The molecule has 30 heavy (non-hydrogen) atoms. The van der Waals surface area contributed by atoms with E-state index in [2.05, 4.69) is 5.32 Å². The molecular formula is C21H25Cl2NO6. The molecule has 0 bridgehead atoms. The lowest BCUT2D eigenvalue weighted by Crippen LogP contribution is -2.48. The van der Waals surface area contributed by atoms with Crippen molar-refractivity contribution in [2.24, 2.45) is 5.92 Å². The van der Waals surface area contributed by atoms with Crippen molar-refractivity contribution in [3.8, 4) is 5.75 Å². The highest BCUT2D eigenvalue weighted by Gasteiger charge is 2.30. The highest BCUT2D eigenvalue weighted by Crippen LogP contribution is 2.33. The van der Waals surface area contributed by atoms with Crippen LogP contribution in [0.2, 0.25) is 10.0 Å². The van der Waals surface area contributed by atoms with Gasteiger partial charge in [0.05, 0.1) is 5.02 Å². The van der Waals surface area contributed by atoms with Gasteiger partial charge in [-0.15, -0.1) is 0 Å². The molecule has 1 aromatic heterocycles. The Bertz CT molecular complexity index is 1020. The molecule has 2 unspecified atom stereocenters. The first-order valence-electron chi connectivity index (χ1n) is 9.47. The predicted molar refractivity (Wildman–Crippen MR) is 115 cm³/mol. The summed E-state index contributed by atoms with van der Waals surface area (Å²) in [5, 5.41) is 3.17. The molecule has 0 aliphatic carbocycles. The third kappa shape index (κ3) is 5.67. The number of aryl methyl sites for hydroxylation is 1. The van der Waals surface area contributed by atoms with E-state index >= 15 is 0 Å². The molecule has 164 valence electrons. The number of alkyl carbamates (subject to hydrolysis) is 1. The van der Waals surface area contributed by atoms with E-state index in [-0.39, 0.29) is 27.3 Å². The van der Waals surface area contributed by atoms with Crippen molar-refractivity contribution in [3.63, 3.8) is 0 Å². The van der Waals surface area contributed by atoms with E-state index in [0.29, 0.717) is 17.4 Å². The molecule has 1 amide bonds. The summed E-state index contributed by atoms with van der Waals surface area (Å²) in [5.74, 6) is -0.953.